The zero-order chi connectivity index (χ0) is 10.8. The molecule has 3 N–H and O–H groups in total. The lowest BCUT2D eigenvalue weighted by Gasteiger charge is -2.15. The number of nitrogens with two attached hydrogens (primary N) is 1. The summed E-state index contributed by atoms with van der Waals surface area (Å²) in [6.45, 7) is 1.29. The molecule has 0 bridgehead atoms. The molecule has 1 aliphatic rings. The Balaban J connectivity index is 2.14. The summed E-state index contributed by atoms with van der Waals surface area (Å²) in [7, 11) is 0. The fourth-order valence-electron chi connectivity index (χ4n) is 1.70. The van der Waals surface area contributed by atoms with Gasteiger partial charge >= 0.3 is 0 Å². The number of hydrogen-bond acceptors (Lipinski definition) is 3. The molecule has 1 aliphatic heterocycles. The van der Waals surface area contributed by atoms with E-state index in [1.807, 2.05) is 0 Å². The number of hydrogen-bond donors (Lipinski definition) is 2. The molecule has 1 aromatic heterocycles. The van der Waals surface area contributed by atoms with Gasteiger partial charge in [-0.05, 0) is 12.5 Å². The van der Waals surface area contributed by atoms with E-state index in [9.17, 15) is 9.59 Å². The van der Waals surface area contributed by atoms with Gasteiger partial charge in [-0.25, -0.2) is 0 Å². The molecule has 1 saturated heterocycles. The quantitative estimate of drug-likeness (QED) is 0.654. The van der Waals surface area contributed by atoms with Gasteiger partial charge < -0.3 is 15.6 Å². The van der Waals surface area contributed by atoms with Gasteiger partial charge in [-0.2, -0.15) is 0 Å². The van der Waals surface area contributed by atoms with Crippen molar-refractivity contribution in [3.8, 4) is 0 Å². The highest BCUT2D eigenvalue weighted by molar-refractivity contribution is 5.94. The number of H-pyrrole nitrogens is 1. The van der Waals surface area contributed by atoms with E-state index in [0.717, 1.165) is 6.42 Å². The first-order valence-corrected chi connectivity index (χ1v) is 4.90. The van der Waals surface area contributed by atoms with E-state index in [1.54, 1.807) is 4.90 Å². The molecule has 1 amide bonds. The first-order valence-electron chi connectivity index (χ1n) is 4.90. The number of aromatic amines is 1. The average molecular weight is 207 g/mol. The molecule has 5 nitrogen and oxygen atoms in total. The maximum atomic E-state index is 11.9. The molecule has 0 saturated carbocycles. The number of rotatable bonds is 1. The van der Waals surface area contributed by atoms with Gasteiger partial charge in [0.15, 0.2) is 0 Å². The second-order valence-corrected chi connectivity index (χ2v) is 3.74. The number of likely N-dealkylation sites (tertiary alicyclic amines) is 1. The zero-order valence-electron chi connectivity index (χ0n) is 8.27. The third kappa shape index (κ3) is 2.07. The van der Waals surface area contributed by atoms with Gasteiger partial charge in [-0.15, -0.1) is 0 Å². The predicted molar refractivity (Wildman–Crippen MR) is 55.6 cm³/mol. The van der Waals surface area contributed by atoms with E-state index in [4.69, 9.17) is 5.73 Å². The van der Waals surface area contributed by atoms with Gasteiger partial charge in [0, 0.05) is 31.4 Å². The summed E-state index contributed by atoms with van der Waals surface area (Å²) in [6.07, 6.45) is 2.28. The highest BCUT2D eigenvalue weighted by Crippen LogP contribution is 2.10. The van der Waals surface area contributed by atoms with Gasteiger partial charge in [-0.1, -0.05) is 0 Å². The lowest BCUT2D eigenvalue weighted by molar-refractivity contribution is 0.0790. The van der Waals surface area contributed by atoms with E-state index in [1.165, 1.54) is 18.3 Å². The van der Waals surface area contributed by atoms with Crippen molar-refractivity contribution in [2.24, 2.45) is 5.73 Å². The highest BCUT2D eigenvalue weighted by atomic mass is 16.2. The molecule has 80 valence electrons. The Morgan fingerprint density at radius 3 is 2.87 bits per heavy atom. The SMILES string of the molecule is N[C@H]1CCN(C(=O)c2ccc(=O)[nH]c2)C1. The molecule has 0 aliphatic carbocycles. The van der Waals surface area contributed by atoms with Crippen LogP contribution in [0.2, 0.25) is 0 Å². The van der Waals surface area contributed by atoms with Gasteiger partial charge in [0.25, 0.3) is 5.91 Å². The summed E-state index contributed by atoms with van der Waals surface area (Å²) in [6, 6.07) is 2.96. The number of nitrogens with one attached hydrogen (secondary N) is 1. The molecule has 0 aromatic carbocycles. The lowest BCUT2D eigenvalue weighted by atomic mass is 10.2. The summed E-state index contributed by atoms with van der Waals surface area (Å²) in [5.41, 5.74) is 6.01. The summed E-state index contributed by atoms with van der Waals surface area (Å²) >= 11 is 0. The summed E-state index contributed by atoms with van der Waals surface area (Å²) in [5, 5.41) is 0. The molecule has 1 aromatic rings. The summed E-state index contributed by atoms with van der Waals surface area (Å²) in [4.78, 5) is 26.9. The number of aromatic nitrogens is 1. The van der Waals surface area contributed by atoms with Crippen molar-refractivity contribution in [1.82, 2.24) is 9.88 Å². The molecular formula is C10H13N3O2. The normalized spacial score (nSPS) is 20.6. The van der Waals surface area contributed by atoms with Gasteiger partial charge in [0.05, 0.1) is 5.56 Å². The first-order chi connectivity index (χ1) is 7.16. The Morgan fingerprint density at radius 2 is 2.33 bits per heavy atom. The van der Waals surface area contributed by atoms with Crippen LogP contribution in [0.4, 0.5) is 0 Å². The molecule has 0 spiro atoms. The van der Waals surface area contributed by atoms with Crippen LogP contribution in [0.15, 0.2) is 23.1 Å². The van der Waals surface area contributed by atoms with Crippen molar-refractivity contribution >= 4 is 5.91 Å². The minimum Gasteiger partial charge on any atom is -0.337 e. The Hall–Kier alpha value is -1.62. The Bertz CT molecular complexity index is 406. The fourth-order valence-corrected chi connectivity index (χ4v) is 1.70. The Morgan fingerprint density at radius 1 is 1.53 bits per heavy atom. The minimum absolute atomic E-state index is 0.0702. The third-order valence-corrected chi connectivity index (χ3v) is 2.54. The fraction of sp³-hybridized carbons (Fsp3) is 0.400. The van der Waals surface area contributed by atoms with Crippen LogP contribution in [0.3, 0.4) is 0 Å². The van der Waals surface area contributed by atoms with E-state index in [2.05, 4.69) is 4.98 Å². The second-order valence-electron chi connectivity index (χ2n) is 3.74. The third-order valence-electron chi connectivity index (χ3n) is 2.54. The van der Waals surface area contributed by atoms with Crippen LogP contribution >= 0.6 is 0 Å². The molecule has 0 unspecified atom stereocenters. The second kappa shape index (κ2) is 3.86. The van der Waals surface area contributed by atoms with Crippen LogP contribution in [0.1, 0.15) is 16.8 Å². The van der Waals surface area contributed by atoms with E-state index < -0.39 is 0 Å². The van der Waals surface area contributed by atoms with Crippen molar-refractivity contribution in [3.05, 3.63) is 34.2 Å². The molecule has 0 radical (unpaired) electrons. The maximum Gasteiger partial charge on any atom is 0.255 e. The zero-order valence-corrected chi connectivity index (χ0v) is 8.27. The molecule has 5 heteroatoms. The summed E-state index contributed by atoms with van der Waals surface area (Å²) < 4.78 is 0. The van der Waals surface area contributed by atoms with Crippen molar-refractivity contribution in [3.63, 3.8) is 0 Å². The number of carbonyl (C=O) groups excluding carboxylic acids is 1. The number of amides is 1. The largest absolute Gasteiger partial charge is 0.337 e. The standard InChI is InChI=1S/C10H13N3O2/c11-8-3-4-13(6-8)10(15)7-1-2-9(14)12-5-7/h1-2,5,8H,3-4,6,11H2,(H,12,14)/t8-/m0/s1. The van der Waals surface area contributed by atoms with Crippen LogP contribution in [0.25, 0.3) is 0 Å². The molecule has 2 rings (SSSR count). The van der Waals surface area contributed by atoms with Gasteiger partial charge in [-0.3, -0.25) is 9.59 Å². The molecule has 15 heavy (non-hydrogen) atoms. The minimum atomic E-state index is -0.204. The Kier molecular flexibility index (Phi) is 2.55. The number of pyridine rings is 1. The average Bonchev–Trinajstić information content (AvgIpc) is 2.65. The van der Waals surface area contributed by atoms with Crippen molar-refractivity contribution in [1.29, 1.82) is 0 Å². The molecule has 1 fully saturated rings. The van der Waals surface area contributed by atoms with E-state index >= 15 is 0 Å². The summed E-state index contributed by atoms with van der Waals surface area (Å²) in [5.74, 6) is -0.0702. The van der Waals surface area contributed by atoms with Crippen LogP contribution in [0.5, 0.6) is 0 Å². The number of carbonyl (C=O) groups is 1. The maximum absolute atomic E-state index is 11.9. The molecular weight excluding hydrogens is 194 g/mol. The molecule has 1 atom stereocenters. The predicted octanol–water partition coefficient (Wildman–Crippen LogP) is -0.452. The Labute approximate surface area is 86.9 Å². The molecule has 2 heterocycles. The van der Waals surface area contributed by atoms with E-state index in [0.29, 0.717) is 18.7 Å². The van der Waals surface area contributed by atoms with Gasteiger partial charge in [0.2, 0.25) is 5.56 Å². The smallest absolute Gasteiger partial charge is 0.255 e. The lowest BCUT2D eigenvalue weighted by Crippen LogP contribution is -2.32. The topological polar surface area (TPSA) is 79.2 Å². The van der Waals surface area contributed by atoms with Crippen LogP contribution < -0.4 is 11.3 Å². The van der Waals surface area contributed by atoms with Crippen molar-refractivity contribution < 1.29 is 4.79 Å². The highest BCUT2D eigenvalue weighted by Gasteiger charge is 2.24. The van der Waals surface area contributed by atoms with Crippen LogP contribution in [-0.2, 0) is 0 Å². The van der Waals surface area contributed by atoms with Crippen LogP contribution in [0, 0.1) is 0 Å². The first kappa shape index (κ1) is 9.92. The van der Waals surface area contributed by atoms with E-state index in [-0.39, 0.29) is 17.5 Å². The monoisotopic (exact) mass is 207 g/mol. The van der Waals surface area contributed by atoms with Gasteiger partial charge in [0.1, 0.15) is 0 Å². The van der Waals surface area contributed by atoms with Crippen molar-refractivity contribution in [2.45, 2.75) is 12.5 Å². The number of nitrogens with zero attached hydrogens (tertiary/aromatic N) is 1. The van der Waals surface area contributed by atoms with Crippen molar-refractivity contribution in [2.75, 3.05) is 13.1 Å². The van der Waals surface area contributed by atoms with Crippen LogP contribution in [-0.4, -0.2) is 34.9 Å².